The standard InChI is InChI=1S/C15H19N3/c1-15(2)12(8-16)13(15)11-9-17-18-14(11)10-6-4-3-5-7-10/h3-7,9,12-13H,8,16H2,1-2H3,(H,17,18). The zero-order chi connectivity index (χ0) is 12.8. The van der Waals surface area contributed by atoms with E-state index in [2.05, 4.69) is 48.3 Å². The first-order chi connectivity index (χ1) is 8.66. The Kier molecular flexibility index (Phi) is 2.52. The summed E-state index contributed by atoms with van der Waals surface area (Å²) >= 11 is 0. The van der Waals surface area contributed by atoms with Gasteiger partial charge < -0.3 is 5.73 Å². The van der Waals surface area contributed by atoms with Crippen LogP contribution in [0.3, 0.4) is 0 Å². The van der Waals surface area contributed by atoms with Gasteiger partial charge in [0.1, 0.15) is 0 Å². The van der Waals surface area contributed by atoms with E-state index in [1.165, 1.54) is 11.1 Å². The van der Waals surface area contributed by atoms with Crippen molar-refractivity contribution in [3.05, 3.63) is 42.1 Å². The molecule has 3 nitrogen and oxygen atoms in total. The van der Waals surface area contributed by atoms with E-state index in [0.717, 1.165) is 12.2 Å². The highest BCUT2D eigenvalue weighted by Crippen LogP contribution is 2.64. The third-order valence-corrected chi connectivity index (χ3v) is 4.37. The van der Waals surface area contributed by atoms with Crippen LogP contribution in [0.2, 0.25) is 0 Å². The summed E-state index contributed by atoms with van der Waals surface area (Å²) in [6.07, 6.45) is 1.96. The number of aromatic amines is 1. The van der Waals surface area contributed by atoms with Gasteiger partial charge in [-0.3, -0.25) is 5.10 Å². The summed E-state index contributed by atoms with van der Waals surface area (Å²) in [6.45, 7) is 5.32. The molecule has 1 aliphatic carbocycles. The third kappa shape index (κ3) is 1.58. The lowest BCUT2D eigenvalue weighted by Crippen LogP contribution is -2.05. The van der Waals surface area contributed by atoms with E-state index in [-0.39, 0.29) is 0 Å². The second-order valence-corrected chi connectivity index (χ2v) is 5.71. The highest BCUT2D eigenvalue weighted by Gasteiger charge is 2.58. The Balaban J connectivity index is 1.99. The van der Waals surface area contributed by atoms with E-state index < -0.39 is 0 Å². The van der Waals surface area contributed by atoms with Crippen molar-refractivity contribution in [2.45, 2.75) is 19.8 Å². The number of nitrogens with zero attached hydrogens (tertiary/aromatic N) is 1. The Bertz CT molecular complexity index is 542. The fraction of sp³-hybridized carbons (Fsp3) is 0.400. The van der Waals surface area contributed by atoms with Gasteiger partial charge in [-0.25, -0.2) is 0 Å². The van der Waals surface area contributed by atoms with E-state index in [4.69, 9.17) is 5.73 Å². The van der Waals surface area contributed by atoms with Crippen molar-refractivity contribution in [1.82, 2.24) is 10.2 Å². The van der Waals surface area contributed by atoms with E-state index >= 15 is 0 Å². The van der Waals surface area contributed by atoms with Crippen LogP contribution in [0.15, 0.2) is 36.5 Å². The SMILES string of the molecule is CC1(C)C(CN)C1c1cn[nH]c1-c1ccccc1. The quantitative estimate of drug-likeness (QED) is 0.868. The lowest BCUT2D eigenvalue weighted by Gasteiger charge is -2.04. The largest absolute Gasteiger partial charge is 0.330 e. The van der Waals surface area contributed by atoms with E-state index in [9.17, 15) is 0 Å². The van der Waals surface area contributed by atoms with Crippen LogP contribution in [0, 0.1) is 11.3 Å². The van der Waals surface area contributed by atoms with Crippen LogP contribution in [0.25, 0.3) is 11.3 Å². The third-order valence-electron chi connectivity index (χ3n) is 4.37. The molecule has 0 spiro atoms. The van der Waals surface area contributed by atoms with Crippen LogP contribution >= 0.6 is 0 Å². The molecular weight excluding hydrogens is 222 g/mol. The summed E-state index contributed by atoms with van der Waals surface area (Å²) in [5.41, 5.74) is 9.81. The highest BCUT2D eigenvalue weighted by atomic mass is 15.1. The molecule has 2 aromatic rings. The molecule has 18 heavy (non-hydrogen) atoms. The predicted octanol–water partition coefficient (Wildman–Crippen LogP) is 2.78. The number of rotatable bonds is 3. The van der Waals surface area contributed by atoms with Crippen molar-refractivity contribution in [3.8, 4) is 11.3 Å². The molecule has 0 aliphatic heterocycles. The zero-order valence-corrected chi connectivity index (χ0v) is 10.9. The van der Waals surface area contributed by atoms with E-state index in [1.54, 1.807) is 0 Å². The van der Waals surface area contributed by atoms with Gasteiger partial charge in [0.05, 0.1) is 11.9 Å². The number of H-pyrrole nitrogens is 1. The monoisotopic (exact) mass is 241 g/mol. The molecule has 1 aromatic heterocycles. The van der Waals surface area contributed by atoms with Gasteiger partial charge in [-0.1, -0.05) is 44.2 Å². The van der Waals surface area contributed by atoms with Gasteiger partial charge in [-0.15, -0.1) is 0 Å². The molecule has 3 N–H and O–H groups in total. The van der Waals surface area contributed by atoms with Gasteiger partial charge in [0.15, 0.2) is 0 Å². The van der Waals surface area contributed by atoms with Gasteiger partial charge in [0, 0.05) is 5.56 Å². The molecule has 94 valence electrons. The maximum atomic E-state index is 5.86. The molecule has 1 heterocycles. The second kappa shape index (κ2) is 3.95. The van der Waals surface area contributed by atoms with Crippen molar-refractivity contribution in [3.63, 3.8) is 0 Å². The lowest BCUT2D eigenvalue weighted by molar-refractivity contribution is 0.559. The van der Waals surface area contributed by atoms with Crippen molar-refractivity contribution in [2.24, 2.45) is 17.1 Å². The maximum absolute atomic E-state index is 5.86. The molecule has 0 bridgehead atoms. The number of benzene rings is 1. The molecule has 1 fully saturated rings. The lowest BCUT2D eigenvalue weighted by atomic mass is 10.0. The van der Waals surface area contributed by atoms with Gasteiger partial charge in [0.25, 0.3) is 0 Å². The minimum absolute atomic E-state index is 0.294. The molecule has 0 radical (unpaired) electrons. The Morgan fingerprint density at radius 3 is 2.61 bits per heavy atom. The minimum Gasteiger partial charge on any atom is -0.330 e. The van der Waals surface area contributed by atoms with E-state index in [0.29, 0.717) is 17.3 Å². The first kappa shape index (κ1) is 11.5. The van der Waals surface area contributed by atoms with Gasteiger partial charge in [0.2, 0.25) is 0 Å². The first-order valence-electron chi connectivity index (χ1n) is 6.45. The molecule has 2 unspecified atom stereocenters. The molecule has 1 saturated carbocycles. The van der Waals surface area contributed by atoms with Crippen LogP contribution in [0.4, 0.5) is 0 Å². The summed E-state index contributed by atoms with van der Waals surface area (Å²) in [7, 11) is 0. The highest BCUT2D eigenvalue weighted by molar-refractivity contribution is 5.64. The topological polar surface area (TPSA) is 54.7 Å². The normalized spacial score (nSPS) is 25.1. The molecule has 2 atom stereocenters. The minimum atomic E-state index is 0.294. The Morgan fingerprint density at radius 1 is 1.28 bits per heavy atom. The number of hydrogen-bond acceptors (Lipinski definition) is 2. The summed E-state index contributed by atoms with van der Waals surface area (Å²) in [5, 5.41) is 7.36. The molecule has 0 amide bonds. The smallest absolute Gasteiger partial charge is 0.0685 e. The Morgan fingerprint density at radius 2 is 2.00 bits per heavy atom. The van der Waals surface area contributed by atoms with Crippen molar-refractivity contribution < 1.29 is 0 Å². The number of nitrogens with two attached hydrogens (primary N) is 1. The second-order valence-electron chi connectivity index (χ2n) is 5.71. The summed E-state index contributed by atoms with van der Waals surface area (Å²) in [6, 6.07) is 10.4. The van der Waals surface area contributed by atoms with Crippen LogP contribution in [-0.4, -0.2) is 16.7 Å². The molecule has 3 heteroatoms. The number of aromatic nitrogens is 2. The summed E-state index contributed by atoms with van der Waals surface area (Å²) in [5.74, 6) is 1.09. The number of hydrogen-bond donors (Lipinski definition) is 2. The predicted molar refractivity (Wildman–Crippen MR) is 73.1 cm³/mol. The van der Waals surface area contributed by atoms with Gasteiger partial charge in [-0.05, 0) is 29.4 Å². The molecular formula is C15H19N3. The number of nitrogens with one attached hydrogen (secondary N) is 1. The van der Waals surface area contributed by atoms with Crippen LogP contribution < -0.4 is 5.73 Å². The van der Waals surface area contributed by atoms with Crippen molar-refractivity contribution in [1.29, 1.82) is 0 Å². The summed E-state index contributed by atoms with van der Waals surface area (Å²) < 4.78 is 0. The molecule has 1 aliphatic rings. The fourth-order valence-corrected chi connectivity index (χ4v) is 3.17. The average Bonchev–Trinajstić information content (AvgIpc) is 2.76. The van der Waals surface area contributed by atoms with Crippen LogP contribution in [0.1, 0.15) is 25.3 Å². The van der Waals surface area contributed by atoms with Gasteiger partial charge >= 0.3 is 0 Å². The molecule has 0 saturated heterocycles. The molecule has 1 aromatic carbocycles. The van der Waals surface area contributed by atoms with Gasteiger partial charge in [-0.2, -0.15) is 5.10 Å². The van der Waals surface area contributed by atoms with Crippen molar-refractivity contribution in [2.75, 3.05) is 6.54 Å². The first-order valence-corrected chi connectivity index (χ1v) is 6.45. The van der Waals surface area contributed by atoms with Crippen LogP contribution in [-0.2, 0) is 0 Å². The van der Waals surface area contributed by atoms with Crippen molar-refractivity contribution >= 4 is 0 Å². The van der Waals surface area contributed by atoms with E-state index in [1.807, 2.05) is 12.3 Å². The Hall–Kier alpha value is -1.61. The maximum Gasteiger partial charge on any atom is 0.0685 e. The fourth-order valence-electron chi connectivity index (χ4n) is 3.17. The molecule has 3 rings (SSSR count). The Labute approximate surface area is 107 Å². The summed E-state index contributed by atoms with van der Waals surface area (Å²) in [4.78, 5) is 0. The van der Waals surface area contributed by atoms with Crippen LogP contribution in [0.5, 0.6) is 0 Å². The average molecular weight is 241 g/mol. The zero-order valence-electron chi connectivity index (χ0n) is 10.9.